The molecule has 0 saturated heterocycles. The molecule has 1 nitrogen and oxygen atoms in total. The van der Waals surface area contributed by atoms with Crippen LogP contribution >= 0.6 is 0 Å². The summed E-state index contributed by atoms with van der Waals surface area (Å²) in [6.07, 6.45) is -4.50. The van der Waals surface area contributed by atoms with E-state index in [2.05, 4.69) is 4.74 Å². The summed E-state index contributed by atoms with van der Waals surface area (Å²) in [5.74, 6) is -4.50. The topological polar surface area (TPSA) is 9.23 Å². The van der Waals surface area contributed by atoms with E-state index in [0.717, 1.165) is 5.56 Å². The predicted octanol–water partition coefficient (Wildman–Crippen LogP) is 3.62. The van der Waals surface area contributed by atoms with Crippen molar-refractivity contribution in [1.82, 2.24) is 0 Å². The van der Waals surface area contributed by atoms with E-state index in [9.17, 15) is 17.6 Å². The Bertz CT molecular complexity index is 326. The number of rotatable bonds is 3. The summed E-state index contributed by atoms with van der Waals surface area (Å²) in [7, 11) is 0. The van der Waals surface area contributed by atoms with Crippen molar-refractivity contribution >= 4 is 0 Å². The highest BCUT2D eigenvalue weighted by Crippen LogP contribution is 2.35. The van der Waals surface area contributed by atoms with Gasteiger partial charge in [-0.25, -0.2) is 0 Å². The van der Waals surface area contributed by atoms with Crippen LogP contribution in [0.3, 0.4) is 0 Å². The molecule has 15 heavy (non-hydrogen) atoms. The van der Waals surface area contributed by atoms with Gasteiger partial charge in [-0.1, -0.05) is 17.7 Å². The molecule has 0 unspecified atom stereocenters. The normalized spacial score (nSPS) is 12.7. The van der Waals surface area contributed by atoms with Gasteiger partial charge < -0.3 is 4.74 Å². The maximum atomic E-state index is 12.7. The van der Waals surface area contributed by atoms with Crippen LogP contribution in [-0.4, -0.2) is 12.0 Å². The van der Waals surface area contributed by atoms with Gasteiger partial charge in [-0.2, -0.15) is 17.6 Å². The minimum absolute atomic E-state index is 0.112. The molecule has 0 aromatic heterocycles. The van der Waals surface area contributed by atoms with Gasteiger partial charge in [0.2, 0.25) is 0 Å². The fourth-order valence-corrected chi connectivity index (χ4v) is 0.844. The maximum absolute atomic E-state index is 12.7. The van der Waals surface area contributed by atoms with Crippen LogP contribution in [0.15, 0.2) is 24.3 Å². The summed E-state index contributed by atoms with van der Waals surface area (Å²) in [5.41, 5.74) is 0.828. The third-order valence-electron chi connectivity index (χ3n) is 1.78. The van der Waals surface area contributed by atoms with E-state index in [4.69, 9.17) is 0 Å². The number of aryl methyl sites for hydroxylation is 1. The van der Waals surface area contributed by atoms with Crippen LogP contribution in [0, 0.1) is 6.92 Å². The largest absolute Gasteiger partial charge is 0.463 e. The molecule has 84 valence electrons. The van der Waals surface area contributed by atoms with Crippen LogP contribution in [0.5, 0.6) is 5.75 Å². The standard InChI is InChI=1S/C10H10F4O/c1-7-3-5-8(6-4-7)15-10(13,14)9(2,11)12/h3-6H,1-2H3. The van der Waals surface area contributed by atoms with E-state index in [0.29, 0.717) is 0 Å². The Morgan fingerprint density at radius 3 is 1.87 bits per heavy atom. The van der Waals surface area contributed by atoms with Crippen molar-refractivity contribution in [2.75, 3.05) is 0 Å². The minimum Gasteiger partial charge on any atom is -0.428 e. The van der Waals surface area contributed by atoms with Crippen LogP contribution in [0.2, 0.25) is 0 Å². The van der Waals surface area contributed by atoms with Gasteiger partial charge in [0.1, 0.15) is 5.75 Å². The Hall–Kier alpha value is -1.26. The number of hydrogen-bond acceptors (Lipinski definition) is 1. The number of hydrogen-bond donors (Lipinski definition) is 0. The van der Waals surface area contributed by atoms with Gasteiger partial charge in [-0.15, -0.1) is 0 Å². The second-order valence-electron chi connectivity index (χ2n) is 3.32. The predicted molar refractivity (Wildman–Crippen MR) is 47.4 cm³/mol. The smallest absolute Gasteiger partial charge is 0.428 e. The average Bonchev–Trinajstić information content (AvgIpc) is 2.06. The summed E-state index contributed by atoms with van der Waals surface area (Å²) in [6, 6.07) is 5.43. The van der Waals surface area contributed by atoms with E-state index in [1.807, 2.05) is 0 Å². The van der Waals surface area contributed by atoms with Crippen LogP contribution in [0.4, 0.5) is 17.6 Å². The molecule has 0 fully saturated rings. The molecule has 0 heterocycles. The molecule has 0 aliphatic carbocycles. The molecule has 1 aromatic rings. The van der Waals surface area contributed by atoms with E-state index in [1.54, 1.807) is 6.92 Å². The number of benzene rings is 1. The lowest BCUT2D eigenvalue weighted by Crippen LogP contribution is -2.42. The first-order chi connectivity index (χ1) is 6.72. The van der Waals surface area contributed by atoms with Crippen LogP contribution in [0.1, 0.15) is 12.5 Å². The van der Waals surface area contributed by atoms with Gasteiger partial charge in [-0.05, 0) is 19.1 Å². The van der Waals surface area contributed by atoms with Crippen LogP contribution in [-0.2, 0) is 0 Å². The van der Waals surface area contributed by atoms with Crippen molar-refractivity contribution < 1.29 is 22.3 Å². The zero-order chi connectivity index (χ0) is 11.7. The Morgan fingerprint density at radius 1 is 1.00 bits per heavy atom. The van der Waals surface area contributed by atoms with Crippen LogP contribution < -0.4 is 4.74 Å². The molecular formula is C10H10F4O. The summed E-state index contributed by atoms with van der Waals surface area (Å²) in [5, 5.41) is 0. The van der Waals surface area contributed by atoms with Crippen molar-refractivity contribution in [2.45, 2.75) is 25.9 Å². The van der Waals surface area contributed by atoms with E-state index in [1.165, 1.54) is 24.3 Å². The second-order valence-corrected chi connectivity index (χ2v) is 3.32. The average molecular weight is 222 g/mol. The van der Waals surface area contributed by atoms with Gasteiger partial charge in [-0.3, -0.25) is 0 Å². The molecule has 0 aliphatic heterocycles. The molecular weight excluding hydrogens is 212 g/mol. The molecule has 0 bridgehead atoms. The molecule has 1 aromatic carbocycles. The Kier molecular flexibility index (Phi) is 2.93. The van der Waals surface area contributed by atoms with Gasteiger partial charge in [0.05, 0.1) is 0 Å². The zero-order valence-corrected chi connectivity index (χ0v) is 8.23. The number of ether oxygens (including phenoxy) is 1. The highest BCUT2D eigenvalue weighted by Gasteiger charge is 2.55. The molecule has 0 radical (unpaired) electrons. The summed E-state index contributed by atoms with van der Waals surface area (Å²) >= 11 is 0. The van der Waals surface area contributed by atoms with Crippen molar-refractivity contribution in [3.05, 3.63) is 29.8 Å². The third kappa shape index (κ3) is 2.84. The fourth-order valence-electron chi connectivity index (χ4n) is 0.844. The van der Waals surface area contributed by atoms with Gasteiger partial charge in [0.15, 0.2) is 0 Å². The zero-order valence-electron chi connectivity index (χ0n) is 8.23. The molecule has 0 atom stereocenters. The Balaban J connectivity index is 2.82. The van der Waals surface area contributed by atoms with Gasteiger partial charge >= 0.3 is 12.0 Å². The summed E-state index contributed by atoms with van der Waals surface area (Å²) < 4.78 is 54.2. The monoisotopic (exact) mass is 222 g/mol. The fraction of sp³-hybridized carbons (Fsp3) is 0.400. The lowest BCUT2D eigenvalue weighted by molar-refractivity contribution is -0.301. The van der Waals surface area contributed by atoms with Crippen LogP contribution in [0.25, 0.3) is 0 Å². The highest BCUT2D eigenvalue weighted by atomic mass is 19.3. The molecule has 0 N–H and O–H groups in total. The summed E-state index contributed by atoms with van der Waals surface area (Å²) in [4.78, 5) is 0. The third-order valence-corrected chi connectivity index (χ3v) is 1.78. The van der Waals surface area contributed by atoms with Crippen molar-refractivity contribution in [3.8, 4) is 5.75 Å². The van der Waals surface area contributed by atoms with E-state index < -0.39 is 12.0 Å². The molecule has 0 saturated carbocycles. The van der Waals surface area contributed by atoms with E-state index >= 15 is 0 Å². The first kappa shape index (κ1) is 11.8. The molecule has 0 amide bonds. The van der Waals surface area contributed by atoms with Gasteiger partial charge in [0, 0.05) is 6.92 Å². The first-order valence-electron chi connectivity index (χ1n) is 4.24. The SMILES string of the molecule is Cc1ccc(OC(F)(F)C(C)(F)F)cc1. The molecule has 1 rings (SSSR count). The quantitative estimate of drug-likeness (QED) is 0.709. The summed E-state index contributed by atoms with van der Waals surface area (Å²) in [6.45, 7) is 1.86. The number of alkyl halides is 4. The minimum atomic E-state index is -4.50. The Morgan fingerprint density at radius 2 is 1.47 bits per heavy atom. The molecule has 0 aliphatic rings. The van der Waals surface area contributed by atoms with Crippen molar-refractivity contribution in [1.29, 1.82) is 0 Å². The first-order valence-corrected chi connectivity index (χ1v) is 4.24. The lowest BCUT2D eigenvalue weighted by Gasteiger charge is -2.23. The van der Waals surface area contributed by atoms with Crippen molar-refractivity contribution in [2.24, 2.45) is 0 Å². The Labute approximate surface area is 84.7 Å². The second kappa shape index (κ2) is 3.72. The lowest BCUT2D eigenvalue weighted by atomic mass is 10.2. The molecule has 5 heteroatoms. The maximum Gasteiger partial charge on any atom is 0.463 e. The van der Waals surface area contributed by atoms with Crippen molar-refractivity contribution in [3.63, 3.8) is 0 Å². The van der Waals surface area contributed by atoms with Gasteiger partial charge in [0.25, 0.3) is 0 Å². The molecule has 0 spiro atoms. The highest BCUT2D eigenvalue weighted by molar-refractivity contribution is 5.26. The van der Waals surface area contributed by atoms with E-state index in [-0.39, 0.29) is 12.7 Å². The number of halogens is 4.